The molecule has 1 aliphatic carbocycles. The fourth-order valence-corrected chi connectivity index (χ4v) is 6.22. The number of methoxy groups -OCH3 is 1. The Hall–Kier alpha value is -3.28. The standard InChI is InChI=1S/C27H22Cl2F2N2OS.C2HF3O2/c1-34-25-13-8-16(14-22(25)29)19-4-2-7-24-26(19)33(18-11-9-17(30)10-12-18)27(32-24)35-15-20-21(28)5-3-6-23(20)31;3-2(4,5)1(6)7/h3,5-6,8-14,19H,2,4,7,15H2,1H3;(H,6,7). The van der Waals surface area contributed by atoms with Gasteiger partial charge in [0.2, 0.25) is 0 Å². The molecule has 5 nitrogen and oxygen atoms in total. The van der Waals surface area contributed by atoms with Gasteiger partial charge in [0.1, 0.15) is 17.4 Å². The van der Waals surface area contributed by atoms with Crippen LogP contribution in [0, 0.1) is 11.6 Å². The van der Waals surface area contributed by atoms with Crippen molar-refractivity contribution < 1.29 is 36.6 Å². The van der Waals surface area contributed by atoms with E-state index in [-0.39, 0.29) is 17.6 Å². The van der Waals surface area contributed by atoms with E-state index in [1.54, 1.807) is 31.4 Å². The second-order valence-corrected chi connectivity index (χ2v) is 10.9. The Morgan fingerprint density at radius 2 is 1.79 bits per heavy atom. The van der Waals surface area contributed by atoms with Gasteiger partial charge in [-0.2, -0.15) is 13.2 Å². The van der Waals surface area contributed by atoms with E-state index < -0.39 is 12.1 Å². The molecule has 0 saturated carbocycles. The molecule has 5 rings (SSSR count). The molecule has 0 saturated heterocycles. The molecule has 0 amide bonds. The molecule has 0 fully saturated rings. The number of nitrogens with zero attached hydrogens (tertiary/aromatic N) is 2. The maximum Gasteiger partial charge on any atom is 0.490 e. The molecule has 0 spiro atoms. The predicted octanol–water partition coefficient (Wildman–Crippen LogP) is 8.86. The average molecular weight is 645 g/mol. The third kappa shape index (κ3) is 7.19. The average Bonchev–Trinajstić information content (AvgIpc) is 3.31. The van der Waals surface area contributed by atoms with Crippen LogP contribution in [0.4, 0.5) is 22.0 Å². The lowest BCUT2D eigenvalue weighted by molar-refractivity contribution is -0.192. The molecule has 0 radical (unpaired) electrons. The smallest absolute Gasteiger partial charge is 0.490 e. The number of aryl methyl sites for hydroxylation is 1. The van der Waals surface area contributed by atoms with E-state index in [4.69, 9.17) is 42.8 Å². The van der Waals surface area contributed by atoms with Crippen molar-refractivity contribution >= 4 is 40.9 Å². The second-order valence-electron chi connectivity index (χ2n) is 9.17. The Kier molecular flexibility index (Phi) is 10.1. The van der Waals surface area contributed by atoms with Gasteiger partial charge in [-0.1, -0.05) is 47.1 Å². The number of aromatic nitrogens is 2. The van der Waals surface area contributed by atoms with Gasteiger partial charge < -0.3 is 9.84 Å². The van der Waals surface area contributed by atoms with Gasteiger partial charge in [-0.3, -0.25) is 4.57 Å². The Morgan fingerprint density at radius 1 is 1.10 bits per heavy atom. The van der Waals surface area contributed by atoms with Crippen LogP contribution >= 0.6 is 35.0 Å². The Bertz CT molecular complexity index is 1560. The number of aliphatic carboxylic acids is 1. The number of carboxylic acid groups (broad SMARTS) is 1. The molecular formula is C29H23Cl2F5N2O3S. The summed E-state index contributed by atoms with van der Waals surface area (Å²) in [5.74, 6) is -2.43. The van der Waals surface area contributed by atoms with Gasteiger partial charge in [-0.15, -0.1) is 0 Å². The topological polar surface area (TPSA) is 64.4 Å². The number of hydrogen-bond acceptors (Lipinski definition) is 4. The number of ether oxygens (including phenoxy) is 1. The number of halogens is 7. The van der Waals surface area contributed by atoms with Crippen LogP contribution in [-0.2, 0) is 17.0 Å². The zero-order valence-corrected chi connectivity index (χ0v) is 24.2. The minimum absolute atomic E-state index is 0.0473. The first-order valence-corrected chi connectivity index (χ1v) is 14.2. The summed E-state index contributed by atoms with van der Waals surface area (Å²) in [7, 11) is 1.59. The van der Waals surface area contributed by atoms with Crippen LogP contribution in [0.3, 0.4) is 0 Å². The van der Waals surface area contributed by atoms with Gasteiger partial charge in [0.05, 0.1) is 23.5 Å². The summed E-state index contributed by atoms with van der Waals surface area (Å²) >= 11 is 14.1. The maximum atomic E-state index is 14.4. The monoisotopic (exact) mass is 644 g/mol. The number of alkyl halides is 3. The third-order valence-electron chi connectivity index (χ3n) is 6.51. The molecule has 42 heavy (non-hydrogen) atoms. The fourth-order valence-electron chi connectivity index (χ4n) is 4.57. The molecule has 1 unspecified atom stereocenters. The van der Waals surface area contributed by atoms with Crippen molar-refractivity contribution in [2.24, 2.45) is 0 Å². The molecule has 222 valence electrons. The zero-order chi connectivity index (χ0) is 30.6. The van der Waals surface area contributed by atoms with E-state index in [0.29, 0.717) is 32.3 Å². The lowest BCUT2D eigenvalue weighted by Gasteiger charge is -2.25. The summed E-state index contributed by atoms with van der Waals surface area (Å²) in [5, 5.41) is 8.77. The SMILES string of the molecule is COc1ccc(C2CCCc3nc(SCc4c(F)cccc4Cl)n(-c4ccc(F)cc4)c32)cc1Cl.O=C(O)C(F)(F)F. The van der Waals surface area contributed by atoms with Crippen molar-refractivity contribution in [3.63, 3.8) is 0 Å². The fraction of sp³-hybridized carbons (Fsp3) is 0.241. The molecule has 4 aromatic rings. The minimum Gasteiger partial charge on any atom is -0.495 e. The Morgan fingerprint density at radius 3 is 2.38 bits per heavy atom. The van der Waals surface area contributed by atoms with Gasteiger partial charge in [-0.05, 0) is 73.4 Å². The first-order chi connectivity index (χ1) is 19.9. The van der Waals surface area contributed by atoms with Crippen LogP contribution in [0.15, 0.2) is 65.8 Å². The molecule has 13 heteroatoms. The van der Waals surface area contributed by atoms with E-state index in [1.807, 2.05) is 18.2 Å². The summed E-state index contributed by atoms with van der Waals surface area (Å²) in [6.07, 6.45) is -2.35. The number of rotatable bonds is 6. The largest absolute Gasteiger partial charge is 0.495 e. The number of thioether (sulfide) groups is 1. The minimum atomic E-state index is -5.08. The second kappa shape index (κ2) is 13.4. The van der Waals surface area contributed by atoms with E-state index in [0.717, 1.165) is 41.9 Å². The molecular weight excluding hydrogens is 622 g/mol. The van der Waals surface area contributed by atoms with Crippen LogP contribution < -0.4 is 4.74 Å². The first-order valence-electron chi connectivity index (χ1n) is 12.5. The van der Waals surface area contributed by atoms with Crippen molar-refractivity contribution in [2.75, 3.05) is 7.11 Å². The highest BCUT2D eigenvalue weighted by Crippen LogP contribution is 2.43. The number of benzene rings is 3. The summed E-state index contributed by atoms with van der Waals surface area (Å²) in [6, 6.07) is 16.9. The van der Waals surface area contributed by atoms with E-state index in [9.17, 15) is 22.0 Å². The van der Waals surface area contributed by atoms with Crippen LogP contribution in [-0.4, -0.2) is 33.9 Å². The number of fused-ring (bicyclic) bond motifs is 1. The Labute approximate surface area is 252 Å². The van der Waals surface area contributed by atoms with Crippen LogP contribution in [0.1, 0.15) is 41.3 Å². The zero-order valence-electron chi connectivity index (χ0n) is 21.9. The third-order valence-corrected chi connectivity index (χ3v) is 8.12. The predicted molar refractivity (Wildman–Crippen MR) is 151 cm³/mol. The molecule has 1 N–H and O–H groups in total. The first kappa shape index (κ1) is 31.7. The molecule has 0 bridgehead atoms. The lowest BCUT2D eigenvalue weighted by Crippen LogP contribution is -2.21. The highest BCUT2D eigenvalue weighted by Gasteiger charge is 2.38. The van der Waals surface area contributed by atoms with Crippen LogP contribution in [0.25, 0.3) is 5.69 Å². The highest BCUT2D eigenvalue weighted by atomic mass is 35.5. The van der Waals surface area contributed by atoms with Crippen LogP contribution in [0.5, 0.6) is 5.75 Å². The van der Waals surface area contributed by atoms with Gasteiger partial charge in [-0.25, -0.2) is 18.6 Å². The van der Waals surface area contributed by atoms with Crippen molar-refractivity contribution in [1.82, 2.24) is 9.55 Å². The number of hydrogen-bond donors (Lipinski definition) is 1. The van der Waals surface area contributed by atoms with E-state index >= 15 is 0 Å². The van der Waals surface area contributed by atoms with Gasteiger partial charge in [0, 0.05) is 27.9 Å². The molecule has 1 aromatic heterocycles. The number of carbonyl (C=O) groups is 1. The van der Waals surface area contributed by atoms with E-state index in [2.05, 4.69) is 4.57 Å². The van der Waals surface area contributed by atoms with Gasteiger partial charge >= 0.3 is 12.1 Å². The molecule has 1 atom stereocenters. The lowest BCUT2D eigenvalue weighted by atomic mass is 9.84. The molecule has 0 aliphatic heterocycles. The van der Waals surface area contributed by atoms with Gasteiger partial charge in [0.25, 0.3) is 0 Å². The Balaban J connectivity index is 0.000000517. The summed E-state index contributed by atoms with van der Waals surface area (Å²) in [5.41, 5.74) is 4.33. The molecule has 1 heterocycles. The summed E-state index contributed by atoms with van der Waals surface area (Å²) in [6.45, 7) is 0. The quantitative estimate of drug-likeness (QED) is 0.168. The van der Waals surface area contributed by atoms with Gasteiger partial charge in [0.15, 0.2) is 5.16 Å². The molecule has 1 aliphatic rings. The van der Waals surface area contributed by atoms with Crippen molar-refractivity contribution in [3.05, 3.63) is 105 Å². The summed E-state index contributed by atoms with van der Waals surface area (Å²) < 4.78 is 67.3. The number of carboxylic acids is 1. The maximum absolute atomic E-state index is 14.4. The highest BCUT2D eigenvalue weighted by molar-refractivity contribution is 7.98. The molecule has 3 aromatic carbocycles. The van der Waals surface area contributed by atoms with Crippen LogP contribution in [0.2, 0.25) is 10.0 Å². The van der Waals surface area contributed by atoms with E-state index in [1.165, 1.54) is 30.0 Å². The normalized spacial score (nSPS) is 14.5. The van der Waals surface area contributed by atoms with Crippen molar-refractivity contribution in [3.8, 4) is 11.4 Å². The summed E-state index contributed by atoms with van der Waals surface area (Å²) in [4.78, 5) is 13.9. The van der Waals surface area contributed by atoms with Crippen molar-refractivity contribution in [1.29, 1.82) is 0 Å². The van der Waals surface area contributed by atoms with Crippen molar-refractivity contribution in [2.45, 2.75) is 42.3 Å². The number of imidazole rings is 1.